The Labute approximate surface area is 85.3 Å². The van der Waals surface area contributed by atoms with E-state index < -0.39 is 11.9 Å². The van der Waals surface area contributed by atoms with E-state index in [9.17, 15) is 4.79 Å². The number of halogens is 2. The molecule has 4 nitrogen and oxygen atoms in total. The van der Waals surface area contributed by atoms with Crippen molar-refractivity contribution in [2.75, 3.05) is 13.6 Å². The molecule has 0 spiro atoms. The summed E-state index contributed by atoms with van der Waals surface area (Å²) in [5.41, 5.74) is 10.3. The first kappa shape index (κ1) is 17.9. The second-order valence-electron chi connectivity index (χ2n) is 2.25. The molecule has 1 atom stereocenters. The minimum Gasteiger partial charge on any atom is -0.368 e. The molecule has 0 aliphatic carbocycles. The Morgan fingerprint density at radius 2 is 2.00 bits per heavy atom. The number of amides is 1. The van der Waals surface area contributed by atoms with Crippen molar-refractivity contribution < 1.29 is 4.79 Å². The third kappa shape index (κ3) is 9.97. The van der Waals surface area contributed by atoms with Crippen LogP contribution in [-0.4, -0.2) is 25.5 Å². The Morgan fingerprint density at radius 1 is 1.50 bits per heavy atom. The predicted molar refractivity (Wildman–Crippen MR) is 54.8 cm³/mol. The van der Waals surface area contributed by atoms with Gasteiger partial charge in [-0.3, -0.25) is 4.79 Å². The van der Waals surface area contributed by atoms with Crippen LogP contribution >= 0.6 is 24.8 Å². The summed E-state index contributed by atoms with van der Waals surface area (Å²) >= 11 is 0. The molecule has 1 unspecified atom stereocenters. The minimum absolute atomic E-state index is 0. The van der Waals surface area contributed by atoms with Crippen molar-refractivity contribution in [3.63, 3.8) is 0 Å². The molecule has 12 heavy (non-hydrogen) atoms. The summed E-state index contributed by atoms with van der Waals surface area (Å²) in [5, 5.41) is 2.95. The van der Waals surface area contributed by atoms with Crippen LogP contribution in [0.4, 0.5) is 0 Å². The second kappa shape index (κ2) is 11.0. The maximum absolute atomic E-state index is 10.4. The average Bonchev–Trinajstić information content (AvgIpc) is 1.88. The molecule has 0 aromatic carbocycles. The average molecular weight is 218 g/mol. The first-order chi connectivity index (χ1) is 4.68. The van der Waals surface area contributed by atoms with Gasteiger partial charge < -0.3 is 16.8 Å². The lowest BCUT2D eigenvalue weighted by Gasteiger charge is -2.05. The van der Waals surface area contributed by atoms with E-state index >= 15 is 0 Å². The van der Waals surface area contributed by atoms with Crippen LogP contribution in [0.3, 0.4) is 0 Å². The van der Waals surface area contributed by atoms with Crippen LogP contribution in [0, 0.1) is 0 Å². The van der Waals surface area contributed by atoms with Gasteiger partial charge in [0.25, 0.3) is 0 Å². The molecule has 0 radical (unpaired) electrons. The molecular formula is C6H17Cl2N3O. The van der Waals surface area contributed by atoms with Gasteiger partial charge in [-0.05, 0) is 26.4 Å². The van der Waals surface area contributed by atoms with E-state index in [1.165, 1.54) is 0 Å². The Morgan fingerprint density at radius 3 is 2.33 bits per heavy atom. The lowest BCUT2D eigenvalue weighted by Crippen LogP contribution is -2.36. The highest BCUT2D eigenvalue weighted by molar-refractivity contribution is 5.85. The van der Waals surface area contributed by atoms with E-state index in [1.807, 2.05) is 7.05 Å². The fraction of sp³-hybridized carbons (Fsp3) is 0.833. The van der Waals surface area contributed by atoms with Gasteiger partial charge in [-0.2, -0.15) is 0 Å². The second-order valence-corrected chi connectivity index (χ2v) is 2.25. The molecule has 0 aliphatic rings. The van der Waals surface area contributed by atoms with Crippen LogP contribution in [0.2, 0.25) is 0 Å². The zero-order valence-corrected chi connectivity index (χ0v) is 8.71. The van der Waals surface area contributed by atoms with E-state index in [1.54, 1.807) is 0 Å². The summed E-state index contributed by atoms with van der Waals surface area (Å²) < 4.78 is 0. The molecule has 6 heteroatoms. The number of rotatable bonds is 5. The lowest BCUT2D eigenvalue weighted by atomic mass is 10.1. The van der Waals surface area contributed by atoms with E-state index in [0.717, 1.165) is 13.0 Å². The number of carbonyl (C=O) groups is 1. The topological polar surface area (TPSA) is 81.1 Å². The van der Waals surface area contributed by atoms with Crippen molar-refractivity contribution in [1.82, 2.24) is 5.32 Å². The molecule has 5 N–H and O–H groups in total. The van der Waals surface area contributed by atoms with Gasteiger partial charge in [0.1, 0.15) is 0 Å². The molecule has 0 saturated carbocycles. The molecule has 76 valence electrons. The molecule has 0 bridgehead atoms. The van der Waals surface area contributed by atoms with Gasteiger partial charge in [0, 0.05) is 0 Å². The zero-order chi connectivity index (χ0) is 7.98. The van der Waals surface area contributed by atoms with Crippen LogP contribution in [0.1, 0.15) is 12.8 Å². The zero-order valence-electron chi connectivity index (χ0n) is 7.08. The number of hydrogen-bond acceptors (Lipinski definition) is 3. The summed E-state index contributed by atoms with van der Waals surface area (Å²) in [6.45, 7) is 0.876. The Bertz CT molecular complexity index is 113. The number of nitrogens with one attached hydrogen (secondary N) is 1. The van der Waals surface area contributed by atoms with E-state index in [0.29, 0.717) is 6.42 Å². The van der Waals surface area contributed by atoms with Crippen LogP contribution in [0.25, 0.3) is 0 Å². The lowest BCUT2D eigenvalue weighted by molar-refractivity contribution is -0.119. The SMILES string of the molecule is CNCCCC(N)C(N)=O.Cl.Cl. The van der Waals surface area contributed by atoms with Crippen molar-refractivity contribution in [3.05, 3.63) is 0 Å². The van der Waals surface area contributed by atoms with Crippen molar-refractivity contribution in [2.24, 2.45) is 11.5 Å². The predicted octanol–water partition coefficient (Wildman–Crippen LogP) is -0.358. The number of hydrogen-bond donors (Lipinski definition) is 3. The van der Waals surface area contributed by atoms with E-state index in [2.05, 4.69) is 5.32 Å². The van der Waals surface area contributed by atoms with Gasteiger partial charge in [-0.1, -0.05) is 0 Å². The molecule has 0 aromatic heterocycles. The van der Waals surface area contributed by atoms with Crippen molar-refractivity contribution in [3.8, 4) is 0 Å². The van der Waals surface area contributed by atoms with E-state index in [-0.39, 0.29) is 24.8 Å². The highest BCUT2D eigenvalue weighted by Crippen LogP contribution is 1.90. The van der Waals surface area contributed by atoms with Crippen LogP contribution in [0.5, 0.6) is 0 Å². The smallest absolute Gasteiger partial charge is 0.234 e. The Hall–Kier alpha value is -0.0300. The van der Waals surface area contributed by atoms with Gasteiger partial charge in [-0.25, -0.2) is 0 Å². The van der Waals surface area contributed by atoms with Crippen molar-refractivity contribution in [1.29, 1.82) is 0 Å². The summed E-state index contributed by atoms with van der Waals surface area (Å²) in [6.07, 6.45) is 1.55. The first-order valence-electron chi connectivity index (χ1n) is 3.38. The Kier molecular flexibility index (Phi) is 16.4. The first-order valence-corrected chi connectivity index (χ1v) is 3.38. The molecule has 0 fully saturated rings. The molecule has 1 amide bonds. The molecule has 0 aromatic rings. The summed E-state index contributed by atoms with van der Waals surface area (Å²) in [4.78, 5) is 10.4. The van der Waals surface area contributed by atoms with Gasteiger partial charge >= 0.3 is 0 Å². The normalized spacial score (nSPS) is 10.8. The van der Waals surface area contributed by atoms with Gasteiger partial charge in [0.05, 0.1) is 6.04 Å². The summed E-state index contributed by atoms with van der Waals surface area (Å²) in [6, 6.07) is -0.478. The monoisotopic (exact) mass is 217 g/mol. The van der Waals surface area contributed by atoms with Crippen LogP contribution in [-0.2, 0) is 4.79 Å². The van der Waals surface area contributed by atoms with Gasteiger partial charge in [0.15, 0.2) is 0 Å². The molecule has 0 aliphatic heterocycles. The quantitative estimate of drug-likeness (QED) is 0.551. The summed E-state index contributed by atoms with van der Waals surface area (Å²) in [5.74, 6) is -0.420. The highest BCUT2D eigenvalue weighted by atomic mass is 35.5. The van der Waals surface area contributed by atoms with Gasteiger partial charge in [-0.15, -0.1) is 24.8 Å². The van der Waals surface area contributed by atoms with Gasteiger partial charge in [0.2, 0.25) is 5.91 Å². The number of primary amides is 1. The maximum Gasteiger partial charge on any atom is 0.234 e. The fourth-order valence-electron chi connectivity index (χ4n) is 0.641. The third-order valence-electron chi connectivity index (χ3n) is 1.31. The Balaban J connectivity index is -0.000000405. The molecule has 0 saturated heterocycles. The standard InChI is InChI=1S/C6H15N3O.2ClH/c1-9-4-2-3-5(7)6(8)10;;/h5,9H,2-4,7H2,1H3,(H2,8,10);2*1H. The fourth-order valence-corrected chi connectivity index (χ4v) is 0.641. The maximum atomic E-state index is 10.4. The number of carbonyl (C=O) groups excluding carboxylic acids is 1. The molecule has 0 heterocycles. The van der Waals surface area contributed by atoms with E-state index in [4.69, 9.17) is 11.5 Å². The van der Waals surface area contributed by atoms with Crippen LogP contribution < -0.4 is 16.8 Å². The highest BCUT2D eigenvalue weighted by Gasteiger charge is 2.06. The largest absolute Gasteiger partial charge is 0.368 e. The minimum atomic E-state index is -0.478. The van der Waals surface area contributed by atoms with Crippen molar-refractivity contribution in [2.45, 2.75) is 18.9 Å². The molecule has 0 rings (SSSR count). The molecular weight excluding hydrogens is 201 g/mol. The van der Waals surface area contributed by atoms with Crippen molar-refractivity contribution >= 4 is 30.7 Å². The van der Waals surface area contributed by atoms with Crippen LogP contribution in [0.15, 0.2) is 0 Å². The number of nitrogens with two attached hydrogens (primary N) is 2. The summed E-state index contributed by atoms with van der Waals surface area (Å²) in [7, 11) is 1.86. The third-order valence-corrected chi connectivity index (χ3v) is 1.31.